The summed E-state index contributed by atoms with van der Waals surface area (Å²) >= 11 is 0. The van der Waals surface area contributed by atoms with Crippen molar-refractivity contribution in [2.75, 3.05) is 9.80 Å². The van der Waals surface area contributed by atoms with Crippen molar-refractivity contribution in [1.29, 1.82) is 0 Å². The van der Waals surface area contributed by atoms with E-state index >= 15 is 0 Å². The van der Waals surface area contributed by atoms with Crippen LogP contribution in [0.3, 0.4) is 0 Å². The second-order valence-electron chi connectivity index (χ2n) is 14.0. The van der Waals surface area contributed by atoms with E-state index in [9.17, 15) is 0 Å². The van der Waals surface area contributed by atoms with E-state index in [0.29, 0.717) is 0 Å². The van der Waals surface area contributed by atoms with Gasteiger partial charge < -0.3 is 14.5 Å². The molecular formula is C41H31N4O+. The second kappa shape index (κ2) is 7.99. The van der Waals surface area contributed by atoms with Crippen LogP contribution in [0.5, 0.6) is 11.5 Å². The lowest BCUT2D eigenvalue weighted by atomic mass is 9.75. The molecule has 1 spiro atoms. The highest BCUT2D eigenvalue weighted by atomic mass is 16.5. The first-order valence-corrected chi connectivity index (χ1v) is 16.2. The molecule has 11 rings (SSSR count). The van der Waals surface area contributed by atoms with Crippen LogP contribution in [0.25, 0.3) is 27.6 Å². The van der Waals surface area contributed by atoms with Crippen LogP contribution in [0, 0.1) is 0 Å². The Hall–Kier alpha value is -5.55. The number of fused-ring (bicyclic) bond motifs is 9. The molecule has 4 aliphatic heterocycles. The average Bonchev–Trinajstić information content (AvgIpc) is 3.70. The summed E-state index contributed by atoms with van der Waals surface area (Å²) in [6.45, 7) is 6.88. The number of nitrogens with zero attached hydrogens (tertiary/aromatic N) is 4. The Morgan fingerprint density at radius 3 is 2.22 bits per heavy atom. The van der Waals surface area contributed by atoms with Crippen molar-refractivity contribution in [3.05, 3.63) is 144 Å². The summed E-state index contributed by atoms with van der Waals surface area (Å²) in [5, 5.41) is 2.51. The Morgan fingerprint density at radius 2 is 1.39 bits per heavy atom. The molecule has 5 heteroatoms. The van der Waals surface area contributed by atoms with Gasteiger partial charge in [-0.1, -0.05) is 69.3 Å². The number of aromatic nitrogens is 2. The molecule has 6 heterocycles. The molecule has 0 aliphatic carbocycles. The van der Waals surface area contributed by atoms with Gasteiger partial charge >= 0.3 is 0 Å². The first-order chi connectivity index (χ1) is 22.5. The van der Waals surface area contributed by atoms with Crippen molar-refractivity contribution in [2.45, 2.75) is 37.9 Å². The van der Waals surface area contributed by atoms with Crippen molar-refractivity contribution < 1.29 is 9.30 Å². The SMILES string of the molecule is CC(C)(C)c1cc2c3c(c1)N1c4ccccc4N(c4ccccc4)C1C31c3c(ccc4c5ccccc5n(c34)-c3cccc[n+]31)O2. The summed E-state index contributed by atoms with van der Waals surface area (Å²) in [7, 11) is 0. The van der Waals surface area contributed by atoms with Gasteiger partial charge in [0.25, 0.3) is 5.82 Å². The molecule has 2 atom stereocenters. The summed E-state index contributed by atoms with van der Waals surface area (Å²) in [5.41, 5.74) is 10.3. The maximum absolute atomic E-state index is 7.10. The van der Waals surface area contributed by atoms with Gasteiger partial charge in [-0.3, -0.25) is 0 Å². The van der Waals surface area contributed by atoms with E-state index < -0.39 is 5.54 Å². The third kappa shape index (κ3) is 2.66. The Bertz CT molecular complexity index is 2470. The number of pyridine rings is 1. The van der Waals surface area contributed by atoms with Gasteiger partial charge in [0.1, 0.15) is 17.0 Å². The van der Waals surface area contributed by atoms with Crippen molar-refractivity contribution in [1.82, 2.24) is 4.57 Å². The lowest BCUT2D eigenvalue weighted by Gasteiger charge is -2.44. The molecule has 5 nitrogen and oxygen atoms in total. The molecule has 220 valence electrons. The van der Waals surface area contributed by atoms with Crippen molar-refractivity contribution in [2.24, 2.45) is 0 Å². The molecule has 0 N–H and O–H groups in total. The van der Waals surface area contributed by atoms with Crippen LogP contribution >= 0.6 is 0 Å². The van der Waals surface area contributed by atoms with Gasteiger partial charge in [0.2, 0.25) is 5.54 Å². The number of rotatable bonds is 1. The molecule has 0 saturated heterocycles. The van der Waals surface area contributed by atoms with Crippen LogP contribution in [0.2, 0.25) is 0 Å². The van der Waals surface area contributed by atoms with E-state index in [0.717, 1.165) is 17.3 Å². The molecule has 2 aromatic heterocycles. The number of para-hydroxylation sites is 4. The number of benzene rings is 5. The monoisotopic (exact) mass is 595 g/mol. The normalized spacial score (nSPS) is 19.6. The predicted octanol–water partition coefficient (Wildman–Crippen LogP) is 9.21. The zero-order valence-corrected chi connectivity index (χ0v) is 25.9. The van der Waals surface area contributed by atoms with Crippen molar-refractivity contribution >= 4 is 44.6 Å². The molecule has 7 aromatic rings. The van der Waals surface area contributed by atoms with Crippen LogP contribution in [0.4, 0.5) is 22.7 Å². The van der Waals surface area contributed by atoms with Gasteiger partial charge in [0.15, 0.2) is 11.7 Å². The first kappa shape index (κ1) is 24.7. The van der Waals surface area contributed by atoms with Gasteiger partial charge in [0, 0.05) is 22.5 Å². The van der Waals surface area contributed by atoms with Crippen LogP contribution in [0.15, 0.2) is 128 Å². The standard InChI is InChI=1S/C41H31N4O/c1-40(2,3)25-23-32-36-34(24-25)46-33-21-20-28-27-15-7-8-16-29(27)45-35-19-11-12-22-42(35)41(36,37(33)38(28)45)39-43(26-13-5-4-6-14-26)30-17-9-10-18-31(30)44(32)39/h4-24,39H,1-3H3/q+1. The topological polar surface area (TPSA) is 24.5 Å². The molecule has 0 saturated carbocycles. The molecule has 0 fully saturated rings. The largest absolute Gasteiger partial charge is 0.456 e. The van der Waals surface area contributed by atoms with E-state index in [1.807, 2.05) is 0 Å². The van der Waals surface area contributed by atoms with Gasteiger partial charge in [0.05, 0.1) is 34.4 Å². The highest BCUT2D eigenvalue weighted by Gasteiger charge is 2.69. The number of hydrogen-bond donors (Lipinski definition) is 0. The van der Waals surface area contributed by atoms with E-state index in [-0.39, 0.29) is 11.6 Å². The Balaban J connectivity index is 1.39. The molecule has 0 bridgehead atoms. The van der Waals surface area contributed by atoms with Crippen LogP contribution in [-0.2, 0) is 11.0 Å². The smallest absolute Gasteiger partial charge is 0.288 e. The minimum Gasteiger partial charge on any atom is -0.456 e. The quantitative estimate of drug-likeness (QED) is 0.177. The Morgan fingerprint density at radius 1 is 0.652 bits per heavy atom. The highest BCUT2D eigenvalue weighted by Crippen LogP contribution is 2.67. The predicted molar refractivity (Wildman–Crippen MR) is 183 cm³/mol. The van der Waals surface area contributed by atoms with E-state index in [2.05, 4.69) is 167 Å². The van der Waals surface area contributed by atoms with Gasteiger partial charge in [-0.15, -0.1) is 0 Å². The van der Waals surface area contributed by atoms with Crippen LogP contribution < -0.4 is 19.1 Å². The van der Waals surface area contributed by atoms with Gasteiger partial charge in [-0.25, -0.2) is 4.57 Å². The van der Waals surface area contributed by atoms with Crippen molar-refractivity contribution in [3.63, 3.8) is 0 Å². The Labute approximate surface area is 267 Å². The highest BCUT2D eigenvalue weighted by molar-refractivity contribution is 6.12. The third-order valence-corrected chi connectivity index (χ3v) is 10.7. The molecule has 46 heavy (non-hydrogen) atoms. The molecule has 4 aliphatic rings. The molecule has 5 aromatic carbocycles. The summed E-state index contributed by atoms with van der Waals surface area (Å²) in [6.07, 6.45) is 2.17. The summed E-state index contributed by atoms with van der Waals surface area (Å²) in [6, 6.07) is 44.5. The van der Waals surface area contributed by atoms with Gasteiger partial charge in [-0.2, -0.15) is 4.57 Å². The fourth-order valence-electron chi connectivity index (χ4n) is 8.95. The van der Waals surface area contributed by atoms with Crippen molar-refractivity contribution in [3.8, 4) is 17.3 Å². The fourth-order valence-corrected chi connectivity index (χ4v) is 8.95. The van der Waals surface area contributed by atoms with Gasteiger partial charge in [-0.05, 0) is 77.7 Å². The molecule has 0 amide bonds. The first-order valence-electron chi connectivity index (χ1n) is 16.2. The summed E-state index contributed by atoms with van der Waals surface area (Å²) in [5.74, 6) is 3.03. The molecular weight excluding hydrogens is 564 g/mol. The molecule has 2 unspecified atom stereocenters. The minimum absolute atomic E-state index is 0.0627. The lowest BCUT2D eigenvalue weighted by Crippen LogP contribution is -2.70. The zero-order valence-electron chi connectivity index (χ0n) is 25.9. The lowest BCUT2D eigenvalue weighted by molar-refractivity contribution is -0.741. The van der Waals surface area contributed by atoms with E-state index in [1.54, 1.807) is 0 Å². The van der Waals surface area contributed by atoms with E-state index in [1.165, 1.54) is 61.2 Å². The Kier molecular flexibility index (Phi) is 4.29. The maximum Gasteiger partial charge on any atom is 0.288 e. The number of ether oxygens (including phenoxy) is 1. The second-order valence-corrected chi connectivity index (χ2v) is 14.0. The van der Waals surface area contributed by atoms with Crippen LogP contribution in [-0.4, -0.2) is 10.7 Å². The zero-order chi connectivity index (χ0) is 30.5. The number of hydrogen-bond acceptors (Lipinski definition) is 3. The minimum atomic E-state index is -0.621. The summed E-state index contributed by atoms with van der Waals surface area (Å²) < 4.78 is 12.1. The fraction of sp³-hybridized carbons (Fsp3) is 0.146. The van der Waals surface area contributed by atoms with E-state index in [4.69, 9.17) is 4.74 Å². The molecule has 0 radical (unpaired) electrons. The average molecular weight is 596 g/mol. The number of anilines is 4. The maximum atomic E-state index is 7.10. The van der Waals surface area contributed by atoms with Crippen LogP contribution in [0.1, 0.15) is 37.5 Å². The summed E-state index contributed by atoms with van der Waals surface area (Å²) in [4.78, 5) is 5.18. The third-order valence-electron chi connectivity index (χ3n) is 10.7.